The molecule has 0 saturated carbocycles. The van der Waals surface area contributed by atoms with Crippen molar-refractivity contribution >= 4 is 53.1 Å². The number of esters is 2. The highest BCUT2D eigenvalue weighted by atomic mass is 32.2. The molecule has 0 aliphatic heterocycles. The molecule has 0 heterocycles. The zero-order valence-corrected chi connectivity index (χ0v) is 39.2. The molecule has 0 aliphatic rings. The fourth-order valence-corrected chi connectivity index (χ4v) is 8.04. The van der Waals surface area contributed by atoms with Crippen LogP contribution in [0.4, 0.5) is 5.69 Å². The van der Waals surface area contributed by atoms with Crippen LogP contribution in [0.3, 0.4) is 0 Å². The Bertz CT molecular complexity index is 1360. The van der Waals surface area contributed by atoms with E-state index in [4.69, 9.17) is 14.6 Å². The molecule has 0 radical (unpaired) electrons. The summed E-state index contributed by atoms with van der Waals surface area (Å²) in [6.45, 7) is 4.47. The maximum absolute atomic E-state index is 12.8. The predicted molar refractivity (Wildman–Crippen MR) is 250 cm³/mol. The number of carboxylic acid groups (broad SMARTS) is 2. The summed E-state index contributed by atoms with van der Waals surface area (Å²) >= 11 is 1.43. The number of benzene rings is 1. The average Bonchev–Trinajstić information content (AvgIpc) is 3.24. The molecule has 1 rings (SSSR count). The second kappa shape index (κ2) is 39.0. The van der Waals surface area contributed by atoms with E-state index in [-0.39, 0.29) is 36.4 Å². The summed E-state index contributed by atoms with van der Waals surface area (Å²) < 4.78 is 11.4. The van der Waals surface area contributed by atoms with Gasteiger partial charge in [-0.3, -0.25) is 24.0 Å². The molecule has 1 aromatic rings. The van der Waals surface area contributed by atoms with Crippen LogP contribution < -0.4 is 10.6 Å². The van der Waals surface area contributed by atoms with E-state index < -0.39 is 36.4 Å². The summed E-state index contributed by atoms with van der Waals surface area (Å²) in [6, 6.07) is 4.20. The van der Waals surface area contributed by atoms with Gasteiger partial charge >= 0.3 is 23.9 Å². The molecule has 4 N–H and O–H groups in total. The van der Waals surface area contributed by atoms with Gasteiger partial charge in [0.2, 0.25) is 5.91 Å². The fourth-order valence-electron chi connectivity index (χ4n) is 7.12. The smallest absolute Gasteiger partial charge is 0.326 e. The number of carboxylic acids is 2. The van der Waals surface area contributed by atoms with Crippen molar-refractivity contribution in [3.8, 4) is 0 Å². The van der Waals surface area contributed by atoms with E-state index in [0.717, 1.165) is 38.5 Å². The first-order valence-corrected chi connectivity index (χ1v) is 25.3. The minimum atomic E-state index is -1.58. The Labute approximate surface area is 377 Å². The first kappa shape index (κ1) is 56.4. The van der Waals surface area contributed by atoms with Crippen molar-refractivity contribution in [1.29, 1.82) is 0 Å². The molecule has 1 aromatic carbocycles. The van der Waals surface area contributed by atoms with Crippen LogP contribution in [0, 0.1) is 0 Å². The van der Waals surface area contributed by atoms with Crippen molar-refractivity contribution < 1.29 is 48.5 Å². The number of nitrogens with one attached hydrogen (secondary N) is 2. The lowest BCUT2D eigenvalue weighted by Gasteiger charge is -2.18. The van der Waals surface area contributed by atoms with E-state index >= 15 is 0 Å². The number of hydrogen-bond donors (Lipinski definition) is 4. The van der Waals surface area contributed by atoms with Gasteiger partial charge in [0.1, 0.15) is 18.8 Å². The lowest BCUT2D eigenvalue weighted by molar-refractivity contribution is -0.157. The number of thioether (sulfide) groups is 1. The summed E-state index contributed by atoms with van der Waals surface area (Å²) in [5.41, 5.74) is 0.530. The highest BCUT2D eigenvalue weighted by molar-refractivity contribution is 7.99. The second-order valence-electron chi connectivity index (χ2n) is 16.7. The number of hydrogen-bond acceptors (Lipinski definition) is 9. The molecule has 0 saturated heterocycles. The van der Waals surface area contributed by atoms with Gasteiger partial charge in [0, 0.05) is 42.0 Å². The molecule has 0 spiro atoms. The largest absolute Gasteiger partial charge is 0.481 e. The maximum atomic E-state index is 12.8. The molecule has 12 nitrogen and oxygen atoms in total. The predicted octanol–water partition coefficient (Wildman–Crippen LogP) is 11.8. The van der Waals surface area contributed by atoms with Gasteiger partial charge < -0.3 is 30.3 Å². The third kappa shape index (κ3) is 33.0. The van der Waals surface area contributed by atoms with E-state index in [1.165, 1.54) is 164 Å². The van der Waals surface area contributed by atoms with Gasteiger partial charge in [-0.1, -0.05) is 168 Å². The Morgan fingerprint density at radius 3 is 1.45 bits per heavy atom. The van der Waals surface area contributed by atoms with Crippen molar-refractivity contribution in [2.24, 2.45) is 0 Å². The monoisotopic (exact) mass is 891 g/mol. The van der Waals surface area contributed by atoms with Crippen molar-refractivity contribution in [3.63, 3.8) is 0 Å². The summed E-state index contributed by atoms with van der Waals surface area (Å²) in [6.07, 6.45) is 31.2. The zero-order chi connectivity index (χ0) is 45.5. The van der Waals surface area contributed by atoms with Crippen molar-refractivity contribution in [1.82, 2.24) is 5.32 Å². The molecule has 2 atom stereocenters. The average molecular weight is 891 g/mol. The van der Waals surface area contributed by atoms with E-state index in [2.05, 4.69) is 24.5 Å². The highest BCUT2D eigenvalue weighted by Crippen LogP contribution is 2.17. The molecule has 62 heavy (non-hydrogen) atoms. The third-order valence-corrected chi connectivity index (χ3v) is 12.0. The maximum Gasteiger partial charge on any atom is 0.326 e. The molecular weight excluding hydrogens is 809 g/mol. The molecule has 2 unspecified atom stereocenters. The fraction of sp³-hybridized carbons (Fsp3) is 0.755. The first-order chi connectivity index (χ1) is 30.0. The van der Waals surface area contributed by atoms with E-state index in [1.54, 1.807) is 0 Å². The Balaban J connectivity index is 2.47. The van der Waals surface area contributed by atoms with Crippen molar-refractivity contribution in [2.45, 2.75) is 219 Å². The molecular formula is C49H82N2O10S. The number of amides is 2. The number of anilines is 1. The normalized spacial score (nSPS) is 12.0. The first-order valence-electron chi connectivity index (χ1n) is 24.1. The lowest BCUT2D eigenvalue weighted by Crippen LogP contribution is -2.42. The van der Waals surface area contributed by atoms with Gasteiger partial charge in [0.25, 0.3) is 5.91 Å². The molecule has 13 heteroatoms. The quantitative estimate of drug-likeness (QED) is 0.0361. The summed E-state index contributed by atoms with van der Waals surface area (Å²) in [5, 5.41) is 23.0. The van der Waals surface area contributed by atoms with Crippen LogP contribution in [-0.2, 0) is 33.4 Å². The van der Waals surface area contributed by atoms with Crippen LogP contribution in [0.25, 0.3) is 0 Å². The van der Waals surface area contributed by atoms with Gasteiger partial charge in [-0.15, -0.1) is 0 Å². The van der Waals surface area contributed by atoms with Gasteiger partial charge in [-0.05, 0) is 37.1 Å². The SMILES string of the molecule is CCCCCCCCCCCCCCCC(=O)OCC(CSCCC(=O)Nc1ccc(C(=O)NC(CC(=O)O)C(=O)O)cc1)OC(=O)CCCCCCCCCCCCCCC. The topological polar surface area (TPSA) is 185 Å². The summed E-state index contributed by atoms with van der Waals surface area (Å²) in [4.78, 5) is 72.8. The molecule has 0 bridgehead atoms. The standard InChI is InChI=1S/C49H82N2O10S/c1-3-5-7-9-11-13-15-17-19-21-23-25-27-29-46(55)60-38-42(61-47(56)30-28-26-24-22-20-18-16-14-12-10-8-6-4-2)39-62-36-35-44(52)50-41-33-31-40(32-34-41)48(57)51-43(49(58)59)37-45(53)54/h31-34,42-43H,3-30,35-39H2,1-2H3,(H,50,52)(H,51,57)(H,53,54)(H,58,59). The zero-order valence-electron chi connectivity index (χ0n) is 38.4. The third-order valence-electron chi connectivity index (χ3n) is 10.9. The number of carbonyl (C=O) groups is 6. The minimum absolute atomic E-state index is 0.0235. The lowest BCUT2D eigenvalue weighted by atomic mass is 10.0. The number of carbonyl (C=O) groups excluding carboxylic acids is 4. The molecule has 0 aliphatic carbocycles. The van der Waals surface area contributed by atoms with Crippen molar-refractivity contribution in [2.75, 3.05) is 23.4 Å². The number of unbranched alkanes of at least 4 members (excludes halogenated alkanes) is 24. The van der Waals surface area contributed by atoms with Crippen LogP contribution >= 0.6 is 11.8 Å². The Morgan fingerprint density at radius 1 is 0.581 bits per heavy atom. The van der Waals surface area contributed by atoms with Gasteiger partial charge in [-0.2, -0.15) is 11.8 Å². The van der Waals surface area contributed by atoms with E-state index in [9.17, 15) is 33.9 Å². The number of ether oxygens (including phenoxy) is 2. The minimum Gasteiger partial charge on any atom is -0.481 e. The highest BCUT2D eigenvalue weighted by Gasteiger charge is 2.24. The summed E-state index contributed by atoms with van der Waals surface area (Å²) in [5.74, 6) is -3.65. The van der Waals surface area contributed by atoms with Crippen molar-refractivity contribution in [3.05, 3.63) is 29.8 Å². The molecule has 0 fully saturated rings. The van der Waals surface area contributed by atoms with Crippen LogP contribution in [-0.4, -0.2) is 76.2 Å². The molecule has 2 amide bonds. The number of aliphatic carboxylic acids is 2. The second-order valence-corrected chi connectivity index (χ2v) is 17.8. The van der Waals surface area contributed by atoms with Crippen LogP contribution in [0.5, 0.6) is 0 Å². The number of rotatable bonds is 42. The van der Waals surface area contributed by atoms with Gasteiger partial charge in [-0.25, -0.2) is 4.79 Å². The van der Waals surface area contributed by atoms with E-state index in [0.29, 0.717) is 30.0 Å². The van der Waals surface area contributed by atoms with Crippen LogP contribution in [0.15, 0.2) is 24.3 Å². The van der Waals surface area contributed by atoms with E-state index in [1.807, 2.05) is 0 Å². The summed E-state index contributed by atoms with van der Waals surface area (Å²) in [7, 11) is 0. The van der Waals surface area contributed by atoms with Gasteiger partial charge in [0.05, 0.1) is 6.42 Å². The van der Waals surface area contributed by atoms with Crippen LogP contribution in [0.1, 0.15) is 217 Å². The molecule has 354 valence electrons. The Hall–Kier alpha value is -3.61. The Morgan fingerprint density at radius 2 is 1.02 bits per heavy atom. The van der Waals surface area contributed by atoms with Crippen LogP contribution in [0.2, 0.25) is 0 Å². The van der Waals surface area contributed by atoms with Gasteiger partial charge in [0.15, 0.2) is 0 Å². The Kier molecular flexibility index (Phi) is 35.5. The molecule has 0 aromatic heterocycles.